The average Bonchev–Trinajstić information content (AvgIpc) is 2.67. The molecule has 2 fully saturated rings. The van der Waals surface area contributed by atoms with Gasteiger partial charge in [0.2, 0.25) is 0 Å². The van der Waals surface area contributed by atoms with Crippen LogP contribution in [0.2, 0.25) is 0 Å². The molecule has 25 heavy (non-hydrogen) atoms. The van der Waals surface area contributed by atoms with Crippen molar-refractivity contribution >= 4 is 11.7 Å². The summed E-state index contributed by atoms with van der Waals surface area (Å²) >= 11 is 0. The smallest absolute Gasteiger partial charge is 0.252 e. The third-order valence-electron chi connectivity index (χ3n) is 5.01. The Morgan fingerprint density at radius 1 is 1.32 bits per heavy atom. The summed E-state index contributed by atoms with van der Waals surface area (Å²) in [5, 5.41) is 2.89. The second-order valence-electron chi connectivity index (χ2n) is 7.03. The van der Waals surface area contributed by atoms with E-state index in [1.165, 1.54) is 12.8 Å². The van der Waals surface area contributed by atoms with Crippen LogP contribution in [0.5, 0.6) is 0 Å². The van der Waals surface area contributed by atoms with Gasteiger partial charge in [0.15, 0.2) is 0 Å². The predicted molar refractivity (Wildman–Crippen MR) is 99.1 cm³/mol. The molecule has 2 aliphatic heterocycles. The van der Waals surface area contributed by atoms with Crippen molar-refractivity contribution < 1.29 is 9.53 Å². The van der Waals surface area contributed by atoms with E-state index in [-0.39, 0.29) is 5.91 Å². The highest BCUT2D eigenvalue weighted by Gasteiger charge is 2.24. The first kappa shape index (κ1) is 18.1. The Morgan fingerprint density at radius 2 is 2.16 bits per heavy atom. The maximum Gasteiger partial charge on any atom is 0.252 e. The number of hydrogen-bond donors (Lipinski definition) is 1. The summed E-state index contributed by atoms with van der Waals surface area (Å²) in [6, 6.07) is 3.87. The van der Waals surface area contributed by atoms with Gasteiger partial charge in [-0.3, -0.25) is 9.69 Å². The van der Waals surface area contributed by atoms with Crippen molar-refractivity contribution in [2.24, 2.45) is 5.92 Å². The van der Waals surface area contributed by atoms with Crippen LogP contribution < -0.4 is 10.2 Å². The fraction of sp³-hybridized carbons (Fsp3) is 0.684. The van der Waals surface area contributed by atoms with E-state index in [0.717, 1.165) is 58.2 Å². The molecule has 0 aliphatic carbocycles. The molecule has 0 saturated carbocycles. The van der Waals surface area contributed by atoms with Crippen molar-refractivity contribution in [1.82, 2.24) is 15.2 Å². The lowest BCUT2D eigenvalue weighted by atomic mass is 9.97. The Hall–Kier alpha value is -1.66. The van der Waals surface area contributed by atoms with Crippen molar-refractivity contribution in [3.63, 3.8) is 0 Å². The van der Waals surface area contributed by atoms with Crippen molar-refractivity contribution in [1.29, 1.82) is 0 Å². The van der Waals surface area contributed by atoms with Crippen LogP contribution in [0, 0.1) is 5.92 Å². The molecule has 3 rings (SSSR count). The number of piperidine rings is 1. The monoisotopic (exact) mass is 346 g/mol. The van der Waals surface area contributed by atoms with Gasteiger partial charge >= 0.3 is 0 Å². The normalized spacial score (nSPS) is 22.0. The zero-order valence-corrected chi connectivity index (χ0v) is 15.2. The Kier molecular flexibility index (Phi) is 6.64. The number of morpholine rings is 1. The predicted octanol–water partition coefficient (Wildman–Crippen LogP) is 1.77. The maximum absolute atomic E-state index is 12.0. The van der Waals surface area contributed by atoms with E-state index in [4.69, 9.17) is 4.74 Å². The van der Waals surface area contributed by atoms with Crippen LogP contribution >= 0.6 is 0 Å². The maximum atomic E-state index is 12.0. The minimum absolute atomic E-state index is 0.0373. The molecule has 1 unspecified atom stereocenters. The summed E-state index contributed by atoms with van der Waals surface area (Å²) in [6.45, 7) is 9.82. The Morgan fingerprint density at radius 3 is 2.88 bits per heavy atom. The quantitative estimate of drug-likeness (QED) is 0.851. The van der Waals surface area contributed by atoms with Gasteiger partial charge in [-0.2, -0.15) is 0 Å². The highest BCUT2D eigenvalue weighted by molar-refractivity contribution is 5.94. The first-order chi connectivity index (χ1) is 12.3. The lowest BCUT2D eigenvalue weighted by molar-refractivity contribution is 0.0296. The Labute approximate surface area is 150 Å². The largest absolute Gasteiger partial charge is 0.379 e. The molecule has 6 heteroatoms. The molecular weight excluding hydrogens is 316 g/mol. The van der Waals surface area contributed by atoms with E-state index in [1.807, 2.05) is 19.1 Å². The number of pyridine rings is 1. The Balaban J connectivity index is 1.54. The molecule has 3 heterocycles. The molecule has 2 saturated heterocycles. The molecule has 2 aliphatic rings. The minimum atomic E-state index is -0.0373. The summed E-state index contributed by atoms with van der Waals surface area (Å²) in [6.07, 6.45) is 5.13. The number of ether oxygens (including phenoxy) is 1. The zero-order chi connectivity index (χ0) is 17.5. The lowest BCUT2D eigenvalue weighted by Crippen LogP contribution is -2.44. The van der Waals surface area contributed by atoms with Gasteiger partial charge in [-0.15, -0.1) is 0 Å². The van der Waals surface area contributed by atoms with Gasteiger partial charge in [-0.05, 0) is 37.3 Å². The topological polar surface area (TPSA) is 57.7 Å². The van der Waals surface area contributed by atoms with E-state index in [1.54, 1.807) is 6.20 Å². The molecule has 6 nitrogen and oxygen atoms in total. The van der Waals surface area contributed by atoms with Crippen molar-refractivity contribution in [2.45, 2.75) is 26.2 Å². The molecule has 0 aromatic carbocycles. The first-order valence-electron chi connectivity index (χ1n) is 9.55. The van der Waals surface area contributed by atoms with Crippen LogP contribution in [-0.4, -0.2) is 68.3 Å². The first-order valence-corrected chi connectivity index (χ1v) is 9.55. The fourth-order valence-electron chi connectivity index (χ4n) is 3.62. The number of rotatable bonds is 6. The second-order valence-corrected chi connectivity index (χ2v) is 7.03. The molecular formula is C19H30N4O2. The van der Waals surface area contributed by atoms with Gasteiger partial charge in [0.1, 0.15) is 5.82 Å². The fourth-order valence-corrected chi connectivity index (χ4v) is 3.62. The summed E-state index contributed by atoms with van der Waals surface area (Å²) < 4.78 is 5.44. The number of nitrogens with one attached hydrogen (secondary N) is 1. The number of carbonyl (C=O) groups is 1. The lowest BCUT2D eigenvalue weighted by Gasteiger charge is -2.37. The van der Waals surface area contributed by atoms with Gasteiger partial charge in [-0.25, -0.2) is 4.98 Å². The third kappa shape index (κ3) is 5.16. The van der Waals surface area contributed by atoms with Crippen LogP contribution in [0.25, 0.3) is 0 Å². The standard InChI is InChI=1S/C19H30N4O2/c1-2-7-20-19(24)17-5-6-18(21-13-17)23-8-3-4-16(15-23)14-22-9-11-25-12-10-22/h5-6,13,16H,2-4,7-12,14-15H2,1H3,(H,20,24). The van der Waals surface area contributed by atoms with Crippen LogP contribution in [0.1, 0.15) is 36.5 Å². The van der Waals surface area contributed by atoms with Crippen LogP contribution in [0.4, 0.5) is 5.82 Å². The van der Waals surface area contributed by atoms with Gasteiger partial charge in [0, 0.05) is 45.5 Å². The average molecular weight is 346 g/mol. The number of carbonyl (C=O) groups excluding carboxylic acids is 1. The van der Waals surface area contributed by atoms with Gasteiger partial charge in [-0.1, -0.05) is 6.92 Å². The number of aromatic nitrogens is 1. The number of amides is 1. The van der Waals surface area contributed by atoms with E-state index >= 15 is 0 Å². The second kappa shape index (κ2) is 9.15. The third-order valence-corrected chi connectivity index (χ3v) is 5.01. The number of anilines is 1. The van der Waals surface area contributed by atoms with Crippen LogP contribution in [-0.2, 0) is 4.74 Å². The molecule has 1 aromatic heterocycles. The van der Waals surface area contributed by atoms with Crippen molar-refractivity contribution in [2.75, 3.05) is 57.4 Å². The molecule has 1 N–H and O–H groups in total. The van der Waals surface area contributed by atoms with Gasteiger partial charge in [0.05, 0.1) is 18.8 Å². The van der Waals surface area contributed by atoms with Crippen molar-refractivity contribution in [3.05, 3.63) is 23.9 Å². The van der Waals surface area contributed by atoms with E-state index < -0.39 is 0 Å². The summed E-state index contributed by atoms with van der Waals surface area (Å²) in [5.74, 6) is 1.63. The van der Waals surface area contributed by atoms with E-state index in [2.05, 4.69) is 20.1 Å². The SMILES string of the molecule is CCCNC(=O)c1ccc(N2CCCC(CN3CCOCC3)C2)nc1. The molecule has 1 atom stereocenters. The Bertz CT molecular complexity index is 543. The number of hydrogen-bond acceptors (Lipinski definition) is 5. The van der Waals surface area contributed by atoms with Crippen LogP contribution in [0.3, 0.4) is 0 Å². The highest BCUT2D eigenvalue weighted by atomic mass is 16.5. The summed E-state index contributed by atoms with van der Waals surface area (Å²) in [4.78, 5) is 21.4. The summed E-state index contributed by atoms with van der Waals surface area (Å²) in [5.41, 5.74) is 0.638. The molecule has 0 radical (unpaired) electrons. The number of nitrogens with zero attached hydrogens (tertiary/aromatic N) is 3. The molecule has 0 bridgehead atoms. The van der Waals surface area contributed by atoms with Gasteiger partial charge in [0.25, 0.3) is 5.91 Å². The molecule has 138 valence electrons. The van der Waals surface area contributed by atoms with E-state index in [9.17, 15) is 4.79 Å². The zero-order valence-electron chi connectivity index (χ0n) is 15.2. The molecule has 0 spiro atoms. The van der Waals surface area contributed by atoms with Crippen LogP contribution in [0.15, 0.2) is 18.3 Å². The van der Waals surface area contributed by atoms with E-state index in [0.29, 0.717) is 18.0 Å². The molecule has 1 amide bonds. The summed E-state index contributed by atoms with van der Waals surface area (Å²) in [7, 11) is 0. The minimum Gasteiger partial charge on any atom is -0.379 e. The van der Waals surface area contributed by atoms with Gasteiger partial charge < -0.3 is 15.0 Å². The highest BCUT2D eigenvalue weighted by Crippen LogP contribution is 2.22. The molecule has 1 aromatic rings. The van der Waals surface area contributed by atoms with Crippen molar-refractivity contribution in [3.8, 4) is 0 Å².